The number of aromatic nitrogens is 1. The second-order valence-corrected chi connectivity index (χ2v) is 8.61. The van der Waals surface area contributed by atoms with E-state index in [1.807, 2.05) is 26.0 Å². The minimum atomic E-state index is -3.82. The van der Waals surface area contributed by atoms with Crippen molar-refractivity contribution in [3.8, 4) is 0 Å². The van der Waals surface area contributed by atoms with Gasteiger partial charge in [0, 0.05) is 19.8 Å². The molecular formula is C20H28N2O6S. The number of hydrogen-bond acceptors (Lipinski definition) is 7. The summed E-state index contributed by atoms with van der Waals surface area (Å²) in [7, 11) is -2.58. The average molecular weight is 425 g/mol. The van der Waals surface area contributed by atoms with Crippen molar-refractivity contribution in [2.45, 2.75) is 45.6 Å². The van der Waals surface area contributed by atoms with E-state index in [4.69, 9.17) is 9.15 Å². The van der Waals surface area contributed by atoms with E-state index in [0.717, 1.165) is 11.8 Å². The maximum atomic E-state index is 13.5. The highest BCUT2D eigenvalue weighted by atomic mass is 32.2. The molecule has 1 aromatic heterocycles. The number of oxazole rings is 1. The van der Waals surface area contributed by atoms with Crippen molar-refractivity contribution in [2.24, 2.45) is 0 Å². The predicted molar refractivity (Wildman–Crippen MR) is 107 cm³/mol. The lowest BCUT2D eigenvalue weighted by atomic mass is 10.1. The van der Waals surface area contributed by atoms with Crippen LogP contribution >= 0.6 is 0 Å². The molecule has 1 heterocycles. The van der Waals surface area contributed by atoms with Crippen molar-refractivity contribution >= 4 is 16.0 Å². The van der Waals surface area contributed by atoms with Crippen molar-refractivity contribution < 1.29 is 27.1 Å². The lowest BCUT2D eigenvalue weighted by Gasteiger charge is -2.23. The number of rotatable bonds is 10. The number of esters is 1. The molecule has 0 saturated carbocycles. The molecule has 0 aliphatic carbocycles. The molecule has 160 valence electrons. The average Bonchev–Trinajstić information content (AvgIpc) is 3.11. The molecule has 0 saturated heterocycles. The van der Waals surface area contributed by atoms with Crippen molar-refractivity contribution in [3.05, 3.63) is 46.7 Å². The maximum Gasteiger partial charge on any atom is 0.360 e. The van der Waals surface area contributed by atoms with Gasteiger partial charge in [-0.3, -0.25) is 0 Å². The highest BCUT2D eigenvalue weighted by molar-refractivity contribution is 7.89. The minimum absolute atomic E-state index is 0.00291. The number of aryl methyl sites for hydroxylation is 3. The minimum Gasteiger partial charge on any atom is -0.464 e. The summed E-state index contributed by atoms with van der Waals surface area (Å²) in [4.78, 5) is 15.9. The molecule has 0 unspecified atom stereocenters. The van der Waals surface area contributed by atoms with Gasteiger partial charge in [-0.15, -0.1) is 0 Å². The third-order valence-electron chi connectivity index (χ3n) is 4.36. The topological polar surface area (TPSA) is 98.9 Å². The zero-order chi connectivity index (χ0) is 21.6. The summed E-state index contributed by atoms with van der Waals surface area (Å²) in [6.45, 7) is 8.51. The van der Waals surface area contributed by atoms with Crippen LogP contribution in [-0.2, 0) is 26.0 Å². The highest BCUT2D eigenvalue weighted by Gasteiger charge is 2.29. The zero-order valence-corrected chi connectivity index (χ0v) is 18.3. The molecule has 0 bridgehead atoms. The van der Waals surface area contributed by atoms with E-state index < -0.39 is 16.0 Å². The molecule has 0 spiro atoms. The quantitative estimate of drug-likeness (QED) is 0.427. The first-order valence-electron chi connectivity index (χ1n) is 9.39. The number of hydrogen-bond donors (Lipinski definition) is 0. The molecule has 8 nitrogen and oxygen atoms in total. The summed E-state index contributed by atoms with van der Waals surface area (Å²) in [5, 5.41) is 0. The van der Waals surface area contributed by atoms with Gasteiger partial charge in [0.2, 0.25) is 15.9 Å². The third kappa shape index (κ3) is 5.65. The molecule has 0 N–H and O–H groups in total. The van der Waals surface area contributed by atoms with Crippen LogP contribution in [0.3, 0.4) is 0 Å². The van der Waals surface area contributed by atoms with Gasteiger partial charge in [0.25, 0.3) is 0 Å². The molecule has 0 radical (unpaired) electrons. The van der Waals surface area contributed by atoms with E-state index in [1.54, 1.807) is 13.8 Å². The molecule has 0 atom stereocenters. The molecule has 2 aromatic rings. The van der Waals surface area contributed by atoms with Gasteiger partial charge < -0.3 is 13.9 Å². The fraction of sp³-hybridized carbons (Fsp3) is 0.500. The molecule has 0 aliphatic heterocycles. The van der Waals surface area contributed by atoms with Crippen LogP contribution < -0.4 is 0 Å². The first kappa shape index (κ1) is 23.1. The van der Waals surface area contributed by atoms with Crippen LogP contribution in [0.2, 0.25) is 0 Å². The monoisotopic (exact) mass is 424 g/mol. The molecule has 2 rings (SSSR count). The lowest BCUT2D eigenvalue weighted by Crippen LogP contribution is -2.33. The Morgan fingerprint density at radius 3 is 2.45 bits per heavy atom. The normalized spacial score (nSPS) is 11.8. The second kappa shape index (κ2) is 10.00. The summed E-state index contributed by atoms with van der Waals surface area (Å²) in [6, 6.07) is 3.69. The Hall–Kier alpha value is -2.23. The summed E-state index contributed by atoms with van der Waals surface area (Å²) in [6.07, 6.45) is 1.68. The van der Waals surface area contributed by atoms with Gasteiger partial charge in [0.15, 0.2) is 5.69 Å². The van der Waals surface area contributed by atoms with Gasteiger partial charge in [0.1, 0.15) is 6.26 Å². The van der Waals surface area contributed by atoms with E-state index in [0.29, 0.717) is 30.8 Å². The molecule has 0 fully saturated rings. The third-order valence-corrected chi connectivity index (χ3v) is 6.51. The smallest absolute Gasteiger partial charge is 0.360 e. The van der Waals surface area contributed by atoms with Gasteiger partial charge in [-0.25, -0.2) is 18.2 Å². The number of benzene rings is 1. The van der Waals surface area contributed by atoms with E-state index in [-0.39, 0.29) is 29.6 Å². The van der Waals surface area contributed by atoms with E-state index in [9.17, 15) is 13.2 Å². The summed E-state index contributed by atoms with van der Waals surface area (Å²) >= 11 is 0. The Bertz CT molecular complexity index is 929. The molecule has 9 heteroatoms. The van der Waals surface area contributed by atoms with Crippen LogP contribution in [0.4, 0.5) is 0 Å². The number of methoxy groups -OCH3 is 1. The van der Waals surface area contributed by atoms with Crippen LogP contribution in [-0.4, -0.2) is 50.5 Å². The van der Waals surface area contributed by atoms with Crippen LogP contribution in [0.15, 0.2) is 27.7 Å². The van der Waals surface area contributed by atoms with Gasteiger partial charge in [-0.05, 0) is 45.2 Å². The number of nitrogens with zero attached hydrogens (tertiary/aromatic N) is 2. The predicted octanol–water partition coefficient (Wildman–Crippen LogP) is 3.00. The largest absolute Gasteiger partial charge is 0.464 e. The maximum absolute atomic E-state index is 13.5. The van der Waals surface area contributed by atoms with Crippen molar-refractivity contribution in [1.29, 1.82) is 0 Å². The molecule has 29 heavy (non-hydrogen) atoms. The number of sulfonamides is 1. The Morgan fingerprint density at radius 2 is 1.86 bits per heavy atom. The standard InChI is InChI=1S/C20H28N2O6S/c1-6-27-9-7-8-22(12-18-21-17(13-28-18)20(23)26-5)29(24,25)19-15(3)10-14(2)11-16(19)4/h10-11,13H,6-9,12H2,1-5H3. The molecular weight excluding hydrogens is 396 g/mol. The van der Waals surface area contributed by atoms with Gasteiger partial charge >= 0.3 is 5.97 Å². The van der Waals surface area contributed by atoms with Crippen LogP contribution in [0.25, 0.3) is 0 Å². The van der Waals surface area contributed by atoms with Crippen molar-refractivity contribution in [3.63, 3.8) is 0 Å². The molecule has 1 aromatic carbocycles. The van der Waals surface area contributed by atoms with Gasteiger partial charge in [0.05, 0.1) is 18.6 Å². The Balaban J connectivity index is 2.36. The number of carbonyl (C=O) groups is 1. The Labute approximate surface area is 171 Å². The van der Waals surface area contributed by atoms with Crippen molar-refractivity contribution in [1.82, 2.24) is 9.29 Å². The van der Waals surface area contributed by atoms with Gasteiger partial charge in [-0.2, -0.15) is 4.31 Å². The molecule has 0 aliphatic rings. The SMILES string of the molecule is CCOCCCN(Cc1nc(C(=O)OC)co1)S(=O)(=O)c1c(C)cc(C)cc1C. The van der Waals surface area contributed by atoms with Crippen LogP contribution in [0.5, 0.6) is 0 Å². The van der Waals surface area contributed by atoms with E-state index >= 15 is 0 Å². The summed E-state index contributed by atoms with van der Waals surface area (Å²) in [5.41, 5.74) is 2.36. The molecule has 0 amide bonds. The summed E-state index contributed by atoms with van der Waals surface area (Å²) in [5.74, 6) is -0.524. The van der Waals surface area contributed by atoms with Crippen molar-refractivity contribution in [2.75, 3.05) is 26.9 Å². The zero-order valence-electron chi connectivity index (χ0n) is 17.5. The lowest BCUT2D eigenvalue weighted by molar-refractivity contribution is 0.0594. The van der Waals surface area contributed by atoms with E-state index in [1.165, 1.54) is 11.4 Å². The number of ether oxygens (including phenoxy) is 2. The Kier molecular flexibility index (Phi) is 7.95. The fourth-order valence-electron chi connectivity index (χ4n) is 3.21. The highest BCUT2D eigenvalue weighted by Crippen LogP contribution is 2.26. The van der Waals surface area contributed by atoms with Crippen LogP contribution in [0.1, 0.15) is 46.4 Å². The first-order chi connectivity index (χ1) is 13.7. The van der Waals surface area contributed by atoms with Crippen LogP contribution in [0, 0.1) is 20.8 Å². The first-order valence-corrected chi connectivity index (χ1v) is 10.8. The fourth-order valence-corrected chi connectivity index (χ4v) is 5.05. The van der Waals surface area contributed by atoms with Gasteiger partial charge in [-0.1, -0.05) is 17.7 Å². The number of carbonyl (C=O) groups excluding carboxylic acids is 1. The Morgan fingerprint density at radius 1 is 1.21 bits per heavy atom. The second-order valence-electron chi connectivity index (χ2n) is 6.73. The summed E-state index contributed by atoms with van der Waals surface area (Å²) < 4.78 is 43.5. The van der Waals surface area contributed by atoms with E-state index in [2.05, 4.69) is 9.72 Å².